The van der Waals surface area contributed by atoms with Crippen molar-refractivity contribution in [1.82, 2.24) is 10.1 Å². The van der Waals surface area contributed by atoms with Gasteiger partial charge in [-0.15, -0.1) is 0 Å². The average molecular weight is 153 g/mol. The lowest BCUT2D eigenvalue weighted by Gasteiger charge is -2.28. The molecule has 4 heteroatoms. The molecule has 60 valence electrons. The van der Waals surface area contributed by atoms with Crippen molar-refractivity contribution in [3.8, 4) is 0 Å². The van der Waals surface area contributed by atoms with Crippen LogP contribution in [0.25, 0.3) is 0 Å². The minimum atomic E-state index is -0.0116. The molecule has 1 aromatic heterocycles. The van der Waals surface area contributed by atoms with Gasteiger partial charge in [-0.3, -0.25) is 0 Å². The Labute approximate surface area is 64.8 Å². The predicted octanol–water partition coefficient (Wildman–Crippen LogP) is 0.870. The van der Waals surface area contributed by atoms with Crippen molar-refractivity contribution in [3.05, 3.63) is 12.2 Å². The smallest absolute Gasteiger partial charge is 0.213 e. The molecule has 2 rings (SSSR count). The van der Waals surface area contributed by atoms with Crippen LogP contribution < -0.4 is 5.73 Å². The molecule has 1 aliphatic rings. The summed E-state index contributed by atoms with van der Waals surface area (Å²) in [6.45, 7) is 0. The second-order valence-electron chi connectivity index (χ2n) is 3.01. The molecule has 11 heavy (non-hydrogen) atoms. The average Bonchev–Trinajstić information content (AvgIpc) is 2.32. The molecule has 1 atom stereocenters. The van der Waals surface area contributed by atoms with Crippen LogP contribution in [0.3, 0.4) is 0 Å². The van der Waals surface area contributed by atoms with Crippen LogP contribution in [0.5, 0.6) is 0 Å². The first kappa shape index (κ1) is 6.79. The Morgan fingerprint density at radius 1 is 1.64 bits per heavy atom. The largest absolute Gasteiger partial charge is 0.343 e. The molecule has 1 aromatic rings. The van der Waals surface area contributed by atoms with E-state index in [4.69, 9.17) is 5.73 Å². The molecular weight excluding hydrogens is 142 g/mol. The van der Waals surface area contributed by atoms with Crippen LogP contribution in [0.2, 0.25) is 0 Å². The van der Waals surface area contributed by atoms with Crippen LogP contribution in [0.1, 0.15) is 31.1 Å². The first-order valence-corrected chi connectivity index (χ1v) is 3.90. The first-order valence-electron chi connectivity index (χ1n) is 3.90. The van der Waals surface area contributed by atoms with E-state index in [0.29, 0.717) is 11.7 Å². The van der Waals surface area contributed by atoms with Gasteiger partial charge < -0.3 is 10.3 Å². The standard InChI is InChI=1S/C7H11N3O/c8-6(5-2-1-3-5)7-9-4-11-10-7/h4-6H,1-3,8H2. The molecule has 0 radical (unpaired) electrons. The number of aromatic nitrogens is 2. The fourth-order valence-corrected chi connectivity index (χ4v) is 1.34. The van der Waals surface area contributed by atoms with Crippen LogP contribution in [0, 0.1) is 5.92 Å². The van der Waals surface area contributed by atoms with Crippen molar-refractivity contribution in [1.29, 1.82) is 0 Å². The van der Waals surface area contributed by atoms with E-state index in [2.05, 4.69) is 14.7 Å². The fraction of sp³-hybridized carbons (Fsp3) is 0.714. The summed E-state index contributed by atoms with van der Waals surface area (Å²) >= 11 is 0. The third-order valence-corrected chi connectivity index (χ3v) is 2.33. The Kier molecular flexibility index (Phi) is 1.62. The van der Waals surface area contributed by atoms with Crippen LogP contribution in [0.4, 0.5) is 0 Å². The van der Waals surface area contributed by atoms with E-state index >= 15 is 0 Å². The number of nitrogens with zero attached hydrogens (tertiary/aromatic N) is 2. The van der Waals surface area contributed by atoms with Crippen molar-refractivity contribution in [2.45, 2.75) is 25.3 Å². The van der Waals surface area contributed by atoms with Gasteiger partial charge in [0.2, 0.25) is 6.39 Å². The summed E-state index contributed by atoms with van der Waals surface area (Å²) in [6, 6.07) is -0.0116. The van der Waals surface area contributed by atoms with Crippen molar-refractivity contribution < 1.29 is 4.52 Å². The molecule has 1 unspecified atom stereocenters. The molecule has 0 bridgehead atoms. The number of nitrogens with two attached hydrogens (primary N) is 1. The van der Waals surface area contributed by atoms with Gasteiger partial charge in [0, 0.05) is 0 Å². The van der Waals surface area contributed by atoms with Gasteiger partial charge in [-0.2, -0.15) is 4.98 Å². The van der Waals surface area contributed by atoms with Gasteiger partial charge in [0.05, 0.1) is 6.04 Å². The number of rotatable bonds is 2. The predicted molar refractivity (Wildman–Crippen MR) is 38.6 cm³/mol. The zero-order valence-corrected chi connectivity index (χ0v) is 6.23. The molecule has 0 aliphatic heterocycles. The SMILES string of the molecule is NC(c1ncon1)C1CCC1. The molecule has 4 nitrogen and oxygen atoms in total. The Morgan fingerprint density at radius 3 is 2.91 bits per heavy atom. The number of hydrogen-bond donors (Lipinski definition) is 1. The van der Waals surface area contributed by atoms with Crippen LogP contribution in [0.15, 0.2) is 10.9 Å². The maximum absolute atomic E-state index is 5.86. The van der Waals surface area contributed by atoms with Crippen molar-refractivity contribution in [3.63, 3.8) is 0 Å². The van der Waals surface area contributed by atoms with Crippen molar-refractivity contribution in [2.75, 3.05) is 0 Å². The third-order valence-electron chi connectivity index (χ3n) is 2.33. The lowest BCUT2D eigenvalue weighted by atomic mass is 9.80. The van der Waals surface area contributed by atoms with E-state index in [1.165, 1.54) is 25.7 Å². The van der Waals surface area contributed by atoms with E-state index in [0.717, 1.165) is 0 Å². The normalized spacial score (nSPS) is 21.2. The molecule has 1 saturated carbocycles. The van der Waals surface area contributed by atoms with Gasteiger partial charge in [0.25, 0.3) is 0 Å². The Hall–Kier alpha value is -0.900. The zero-order chi connectivity index (χ0) is 7.68. The highest BCUT2D eigenvalue weighted by atomic mass is 16.5. The summed E-state index contributed by atoms with van der Waals surface area (Å²) in [5.41, 5.74) is 5.86. The maximum atomic E-state index is 5.86. The first-order chi connectivity index (χ1) is 5.38. The van der Waals surface area contributed by atoms with Gasteiger partial charge in [0.15, 0.2) is 5.82 Å². The van der Waals surface area contributed by atoms with Gasteiger partial charge in [0.1, 0.15) is 0 Å². The lowest BCUT2D eigenvalue weighted by molar-refractivity contribution is 0.252. The highest BCUT2D eigenvalue weighted by Crippen LogP contribution is 2.34. The van der Waals surface area contributed by atoms with Gasteiger partial charge in [-0.25, -0.2) is 0 Å². The highest BCUT2D eigenvalue weighted by Gasteiger charge is 2.27. The summed E-state index contributed by atoms with van der Waals surface area (Å²) in [5.74, 6) is 1.22. The number of hydrogen-bond acceptors (Lipinski definition) is 4. The van der Waals surface area contributed by atoms with E-state index in [9.17, 15) is 0 Å². The third kappa shape index (κ3) is 1.14. The van der Waals surface area contributed by atoms with Crippen molar-refractivity contribution >= 4 is 0 Å². The van der Waals surface area contributed by atoms with Gasteiger partial charge in [-0.1, -0.05) is 11.6 Å². The summed E-state index contributed by atoms with van der Waals surface area (Å²) in [7, 11) is 0. The summed E-state index contributed by atoms with van der Waals surface area (Å²) in [4.78, 5) is 3.92. The quantitative estimate of drug-likeness (QED) is 0.684. The molecule has 0 amide bonds. The second-order valence-corrected chi connectivity index (χ2v) is 3.01. The molecule has 0 spiro atoms. The molecule has 1 heterocycles. The topological polar surface area (TPSA) is 64.9 Å². The molecule has 2 N–H and O–H groups in total. The van der Waals surface area contributed by atoms with Crippen LogP contribution in [-0.2, 0) is 0 Å². The maximum Gasteiger partial charge on any atom is 0.213 e. The summed E-state index contributed by atoms with van der Waals surface area (Å²) < 4.78 is 4.61. The molecular formula is C7H11N3O. The Bertz CT molecular complexity index is 218. The van der Waals surface area contributed by atoms with Gasteiger partial charge >= 0.3 is 0 Å². The van der Waals surface area contributed by atoms with Crippen LogP contribution in [-0.4, -0.2) is 10.1 Å². The van der Waals surface area contributed by atoms with E-state index in [-0.39, 0.29) is 6.04 Å². The lowest BCUT2D eigenvalue weighted by Crippen LogP contribution is -2.27. The van der Waals surface area contributed by atoms with E-state index < -0.39 is 0 Å². The molecule has 1 fully saturated rings. The van der Waals surface area contributed by atoms with Crippen molar-refractivity contribution in [2.24, 2.45) is 11.7 Å². The fourth-order valence-electron chi connectivity index (χ4n) is 1.34. The second kappa shape index (κ2) is 2.62. The monoisotopic (exact) mass is 153 g/mol. The van der Waals surface area contributed by atoms with E-state index in [1.54, 1.807) is 0 Å². The molecule has 0 saturated heterocycles. The van der Waals surface area contributed by atoms with Crippen LogP contribution >= 0.6 is 0 Å². The summed E-state index contributed by atoms with van der Waals surface area (Å²) in [6.07, 6.45) is 5.02. The van der Waals surface area contributed by atoms with Gasteiger partial charge in [-0.05, 0) is 18.8 Å². The van der Waals surface area contributed by atoms with E-state index in [1.807, 2.05) is 0 Å². The Balaban J connectivity index is 2.04. The molecule has 1 aliphatic carbocycles. The summed E-state index contributed by atoms with van der Waals surface area (Å²) in [5, 5.41) is 3.71. The minimum Gasteiger partial charge on any atom is -0.343 e. The zero-order valence-electron chi connectivity index (χ0n) is 6.23. The highest BCUT2D eigenvalue weighted by molar-refractivity contribution is 4.94. The molecule has 0 aromatic carbocycles. The Morgan fingerprint density at radius 2 is 2.45 bits per heavy atom. The minimum absolute atomic E-state index is 0.0116.